The van der Waals surface area contributed by atoms with Gasteiger partial charge in [0.15, 0.2) is 5.56 Å². The van der Waals surface area contributed by atoms with E-state index in [2.05, 4.69) is 168 Å². The average Bonchev–Trinajstić information content (AvgIpc) is 1.58. The molecule has 5 saturated carbocycles. The summed E-state index contributed by atoms with van der Waals surface area (Å²) in [7, 11) is 4.32. The van der Waals surface area contributed by atoms with Crippen LogP contribution in [-0.2, 0) is 74.2 Å². The van der Waals surface area contributed by atoms with Crippen molar-refractivity contribution in [3.8, 4) is 34.5 Å². The van der Waals surface area contributed by atoms with Gasteiger partial charge in [-0.3, -0.25) is 24.3 Å². The van der Waals surface area contributed by atoms with Crippen molar-refractivity contribution in [1.82, 2.24) is 19.6 Å². The number of ketones is 1. The molecule has 7 heterocycles. The van der Waals surface area contributed by atoms with Gasteiger partial charge in [-0.1, -0.05) is 210 Å². The van der Waals surface area contributed by atoms with Gasteiger partial charge in [-0.25, -0.2) is 24.2 Å². The Morgan fingerprint density at radius 2 is 0.917 bits per heavy atom. The van der Waals surface area contributed by atoms with Gasteiger partial charge in [0.05, 0.1) is 32.1 Å². The van der Waals surface area contributed by atoms with E-state index in [4.69, 9.17) is 133 Å². The quantitative estimate of drug-likeness (QED) is 0.0129. The number of phenolic OH excluding ortho intramolecular Hbond substituents is 2. The van der Waals surface area contributed by atoms with E-state index in [-0.39, 0.29) is 52.7 Å². The van der Waals surface area contributed by atoms with E-state index in [9.17, 15) is 24.0 Å². The number of fused-ring (bicyclic) bond motifs is 10. The monoisotopic (exact) mass is 2130 g/mol. The van der Waals surface area contributed by atoms with Crippen molar-refractivity contribution in [3.05, 3.63) is 298 Å². The number of nitrogen functional groups attached to an aromatic ring is 1. The molecule has 144 heavy (non-hydrogen) atoms. The maximum Gasteiger partial charge on any atom is 1.00 e. The van der Waals surface area contributed by atoms with Gasteiger partial charge in [0.1, 0.15) is 46.9 Å². The Kier molecular flexibility index (Phi) is 48.4. The van der Waals surface area contributed by atoms with E-state index in [1.54, 1.807) is 31.2 Å². The molecule has 0 aromatic heterocycles. The minimum Gasteiger partial charge on any atom is -0.793 e. The zero-order valence-electron chi connectivity index (χ0n) is 83.5. The van der Waals surface area contributed by atoms with Crippen molar-refractivity contribution in [2.75, 3.05) is 91.1 Å². The third-order valence-electron chi connectivity index (χ3n) is 28.2. The Labute approximate surface area is 912 Å². The molecule has 2 saturated heterocycles. The number of aliphatic hydroxyl groups is 1. The summed E-state index contributed by atoms with van der Waals surface area (Å²) in [5.74, 6) is 6.57. The molecule has 21 nitrogen and oxygen atoms in total. The number of hydrogen-bond acceptors (Lipinski definition) is 21. The zero-order chi connectivity index (χ0) is 103. The predicted molar refractivity (Wildman–Crippen MR) is 572 cm³/mol. The SMILES string of the molecule is CC(=O)OOC(C)=O.CC(Cl)OC(=O)Cl.Cc1cc(Cl)ccc1O.Cc1cc(Cl)ccc1OCC1=CCN(Cc2ccccc2)CC1.Clc1ccc2c(c1)C1(CCCCC1)CO2.Clc1ccc2c(c1)C1(CCN(Cc3ccccc3)CC1)CO2.Clc1ccc2c(c1)C1(CCN([C@@H]3C[C@@H]4CC[C@H]3C4)CC1)CO2.Nc1cc(Cl)ccc1O.O=C1C[C@@H]2CC[C@H]1C2.OCC1=CCN(Cc2ccccc2)CC1.[B-]OC(C)=O.[Na+]. The molecular weight excluding hydrogens is 2000 g/mol. The summed E-state index contributed by atoms with van der Waals surface area (Å²) in [4.78, 5) is 67.6. The number of nitrogens with two attached hydrogens (primary N) is 1. The number of ether oxygens (including phenoxy) is 5. The van der Waals surface area contributed by atoms with Crippen molar-refractivity contribution in [2.24, 2.45) is 23.7 Å². The predicted octanol–water partition coefficient (Wildman–Crippen LogP) is 23.1. The third-order valence-corrected chi connectivity index (χ3v) is 29.8. The minimum atomic E-state index is -0.873. The molecule has 5 aliphatic carbocycles. The molecule has 3 radical (unpaired) electrons. The van der Waals surface area contributed by atoms with Gasteiger partial charge in [0.25, 0.3) is 0 Å². The van der Waals surface area contributed by atoms with Gasteiger partial charge in [0, 0.05) is 160 Å². The molecule has 7 aliphatic heterocycles. The van der Waals surface area contributed by atoms with Crippen LogP contribution in [0.4, 0.5) is 10.5 Å². The largest absolute Gasteiger partial charge is 1.00 e. The first-order chi connectivity index (χ1) is 68.6. The van der Waals surface area contributed by atoms with Crippen LogP contribution in [0.25, 0.3) is 0 Å². The van der Waals surface area contributed by atoms with Gasteiger partial charge in [-0.05, 0) is 303 Å². The summed E-state index contributed by atoms with van der Waals surface area (Å²) in [5.41, 5.74) is 17.4. The van der Waals surface area contributed by atoms with Crippen LogP contribution in [0.3, 0.4) is 0 Å². The first-order valence-corrected chi connectivity index (χ1v) is 52.4. The second kappa shape index (κ2) is 59.3. The number of piperidine rings is 2. The first kappa shape index (κ1) is 118. The molecule has 31 heteroatoms. The second-order valence-electron chi connectivity index (χ2n) is 38.6. The fourth-order valence-corrected chi connectivity index (χ4v) is 21.9. The minimum absolute atomic E-state index is 0. The van der Waals surface area contributed by atoms with E-state index in [0.717, 1.165) is 203 Å². The van der Waals surface area contributed by atoms with E-state index < -0.39 is 28.9 Å². The maximum absolute atomic E-state index is 10.8. The Morgan fingerprint density at radius 3 is 1.27 bits per heavy atom. The number of aliphatic hydroxyl groups excluding tert-OH is 1. The van der Waals surface area contributed by atoms with Crippen LogP contribution in [0.2, 0.25) is 30.1 Å². The summed E-state index contributed by atoms with van der Waals surface area (Å²) in [6.45, 7) is 24.1. The normalized spacial score (nSPS) is 20.0. The Hall–Kier alpha value is -8.21. The van der Waals surface area contributed by atoms with Gasteiger partial charge in [-0.15, -0.1) is 0 Å². The van der Waals surface area contributed by atoms with E-state index in [0.29, 0.717) is 45.2 Å². The molecule has 7 fully saturated rings. The number of alkyl halides is 1. The number of carbonyl (C=O) groups excluding carboxylic acids is 5. The molecule has 9 aromatic rings. The number of likely N-dealkylation sites (tertiary alicyclic amines) is 2. The van der Waals surface area contributed by atoms with E-state index in [1.807, 2.05) is 61.5 Å². The van der Waals surface area contributed by atoms with Crippen LogP contribution in [0.1, 0.15) is 194 Å². The third kappa shape index (κ3) is 37.2. The molecule has 3 spiro atoms. The summed E-state index contributed by atoms with van der Waals surface area (Å²) < 4.78 is 31.4. The number of anilines is 1. The number of halogens is 8. The topological polar surface area (TPSA) is 259 Å². The Balaban J connectivity index is 0.000000167. The molecule has 0 amide bonds. The number of benzene rings is 9. The number of aryl methyl sites for hydroxylation is 2. The van der Waals surface area contributed by atoms with Crippen LogP contribution in [0.15, 0.2) is 223 Å². The molecule has 767 valence electrons. The van der Waals surface area contributed by atoms with Crippen molar-refractivity contribution < 1.29 is 107 Å². The van der Waals surface area contributed by atoms with E-state index >= 15 is 0 Å². The molecule has 12 aliphatic rings. The Bertz CT molecular complexity index is 5590. The number of hydrogen-bond donors (Lipinski definition) is 4. The number of phenols is 2. The summed E-state index contributed by atoms with van der Waals surface area (Å²) in [6.07, 6.45) is 28.4. The molecule has 6 atom stereocenters. The van der Waals surface area contributed by atoms with Crippen LogP contribution in [-0.4, -0.2) is 169 Å². The van der Waals surface area contributed by atoms with Crippen molar-refractivity contribution in [3.63, 3.8) is 0 Å². The van der Waals surface area contributed by atoms with Crippen molar-refractivity contribution in [1.29, 1.82) is 0 Å². The number of aromatic hydroxyl groups is 2. The summed E-state index contributed by atoms with van der Waals surface area (Å²) in [6, 6.07) is 66.2. The fraction of sp³-hybridized carbons (Fsp3) is 0.442. The zero-order valence-corrected chi connectivity index (χ0v) is 91.6. The van der Waals surface area contributed by atoms with Crippen LogP contribution in [0, 0.1) is 37.5 Å². The molecule has 9 aromatic carbocycles. The number of rotatable bonds is 12. The van der Waals surface area contributed by atoms with Gasteiger partial charge in [-0.2, -0.15) is 0 Å². The maximum atomic E-state index is 10.8. The van der Waals surface area contributed by atoms with Crippen molar-refractivity contribution >= 4 is 136 Å². The number of nitrogens with zero attached hydrogens (tertiary/aromatic N) is 4. The van der Waals surface area contributed by atoms with Gasteiger partial charge >= 0.3 is 46.9 Å². The standard InChI is InChI=1S/C20H22ClNO.C19H24ClNO.C19H20ClNO.C13H15ClO.C13H17NO.C7H7ClO.C7H10O.C6H6ClNO.C4H6O4.C3H4Cl2O2.C2H3BO2.Na/c1-16-13-19(21)7-8-20(16)23-15-18-9-11-22(12-10-18)14-17-5-3-2-4-6-17;20-15-3-4-18-16(11-15)19(12-22-18)5-7-21(8-6-19)17-10-13-1-2-14(17)9-13;20-16-6-7-18-17(12-16)19(14-22-18)8-10-21(11-9-19)13-15-4-2-1-3-5-15;14-10-4-5-12-11(8-10)13(9-15-12)6-2-1-3-7-13;15-11-13-6-8-14(9-7-13)10-12-4-2-1-3-5-12;1-5-4-6(8)2-3-7(5)9;8-7-4-5-1-2-6(7)3-5;7-4-1-2-6(9)5(8)3-4;1-3(5)7-8-4(2)6;1-2(4)7-3(5)6;1-2(4)5-3;/h2-9,13H,10-12,14-15H2,1H3;3-4,11,13-14,17H,1-2,5-10,12H2;1-7,12H,8-11,13-14H2;4-5,8H,1-3,6-7,9H2;1-6,15H,7-11H2;2-4,9H,1H3;5-6H,1-4H2;1-3,9H,8H2;1-2H3;2H,1H3;1H3;/q;;;;;;;;;;-1;+1/t;13-,14+,17-;;;;;5-,6+;;;;;/m.1....1...../s1. The molecular formula is C113H134BCl8N5NaO16. The first-order valence-electron chi connectivity index (χ1n) is 49.3. The van der Waals surface area contributed by atoms with Crippen LogP contribution in [0.5, 0.6) is 34.5 Å². The number of Topliss-reactive ketones (excluding diaryl/α,β-unsaturated/α-hetero) is 1. The van der Waals surface area contributed by atoms with E-state index in [1.165, 1.54) is 173 Å². The summed E-state index contributed by atoms with van der Waals surface area (Å²) in [5, 5.41) is 31.3. The molecule has 21 rings (SSSR count). The van der Waals surface area contributed by atoms with Crippen LogP contribution >= 0.6 is 92.8 Å². The van der Waals surface area contributed by atoms with Crippen LogP contribution < -0.4 is 54.2 Å². The Morgan fingerprint density at radius 1 is 0.493 bits per heavy atom. The average molecular weight is 2140 g/mol. The summed E-state index contributed by atoms with van der Waals surface area (Å²) >= 11 is 45.5. The smallest absolute Gasteiger partial charge is 0.793 e. The number of carbonyl (C=O) groups is 5. The molecule has 4 bridgehead atoms. The second-order valence-corrected chi connectivity index (χ2v) is 42.1. The molecule has 1 unspecified atom stereocenters. The van der Waals surface area contributed by atoms with Crippen molar-refractivity contribution in [2.45, 2.75) is 211 Å². The van der Waals surface area contributed by atoms with Gasteiger partial charge < -0.3 is 62.3 Å². The fourth-order valence-electron chi connectivity index (χ4n) is 20.5. The molecule has 5 N–H and O–H groups in total. The van der Waals surface area contributed by atoms with Gasteiger partial charge in [0.2, 0.25) is 5.97 Å².